The lowest BCUT2D eigenvalue weighted by atomic mass is 9.49. The number of hydrogen-bond acceptors (Lipinski definition) is 10. The summed E-state index contributed by atoms with van der Waals surface area (Å²) in [4.78, 5) is 46.0. The number of carbonyl (C=O) groups excluding carboxylic acids is 3. The Hall–Kier alpha value is -3.91. The monoisotopic (exact) mass is 620 g/mol. The molecule has 3 amide bonds. The molecule has 12 nitrogen and oxygen atoms in total. The number of thiazole rings is 1. The van der Waals surface area contributed by atoms with Crippen LogP contribution in [0.15, 0.2) is 30.5 Å². The van der Waals surface area contributed by atoms with Crippen LogP contribution in [0.1, 0.15) is 58.7 Å². The van der Waals surface area contributed by atoms with Gasteiger partial charge in [0.05, 0.1) is 53.8 Å². The van der Waals surface area contributed by atoms with Crippen molar-refractivity contribution in [2.24, 2.45) is 5.92 Å². The third kappa shape index (κ3) is 7.01. The van der Waals surface area contributed by atoms with Gasteiger partial charge in [-0.1, -0.05) is 11.3 Å². The smallest absolute Gasteiger partial charge is 0.272 e. The lowest BCUT2D eigenvalue weighted by Gasteiger charge is -2.36. The Morgan fingerprint density at radius 3 is 2.42 bits per heavy atom. The van der Waals surface area contributed by atoms with Crippen molar-refractivity contribution in [3.63, 3.8) is 0 Å². The molecule has 6 rings (SSSR count). The molecule has 226 valence electrons. The maximum absolute atomic E-state index is 13.2. The quantitative estimate of drug-likeness (QED) is 0.250. The van der Waals surface area contributed by atoms with E-state index in [1.165, 1.54) is 37.4 Å². The molecule has 6 radical (unpaired) electrons. The fourth-order valence-electron chi connectivity index (χ4n) is 6.00. The summed E-state index contributed by atoms with van der Waals surface area (Å²) in [6, 6.07) is 7.99. The van der Waals surface area contributed by atoms with E-state index in [0.29, 0.717) is 39.0 Å². The second kappa shape index (κ2) is 12.5. The molecule has 4 N–H and O–H groups in total. The maximum atomic E-state index is 13.2. The highest BCUT2D eigenvalue weighted by Gasteiger charge is 2.39. The Bertz CT molecular complexity index is 1610. The van der Waals surface area contributed by atoms with Crippen molar-refractivity contribution < 1.29 is 19.1 Å². The van der Waals surface area contributed by atoms with Crippen LogP contribution in [-0.2, 0) is 4.79 Å². The number of rotatable bonds is 10. The van der Waals surface area contributed by atoms with Crippen LogP contribution in [0, 0.1) is 5.92 Å². The highest BCUT2D eigenvalue weighted by atomic mass is 32.1. The first-order chi connectivity index (χ1) is 21.5. The molecule has 3 aromatic rings. The first kappa shape index (κ1) is 31.1. The average molecular weight is 620 g/mol. The number of ether oxygens (including phenoxy) is 1. The fraction of sp³-hybridized carbons (Fsp3) is 0.448. The predicted molar refractivity (Wildman–Crippen MR) is 173 cm³/mol. The van der Waals surface area contributed by atoms with Crippen molar-refractivity contribution in [2.75, 3.05) is 24.8 Å². The number of aromatic nitrogens is 3. The van der Waals surface area contributed by atoms with Crippen LogP contribution in [0.25, 0.3) is 10.6 Å². The summed E-state index contributed by atoms with van der Waals surface area (Å²) in [5.41, 5.74) is 1.09. The minimum absolute atomic E-state index is 0.0694. The summed E-state index contributed by atoms with van der Waals surface area (Å²) < 4.78 is 5.78. The van der Waals surface area contributed by atoms with Crippen molar-refractivity contribution in [3.05, 3.63) is 41.0 Å². The third-order valence-electron chi connectivity index (χ3n) is 8.42. The molecule has 3 aliphatic rings. The molecule has 2 aliphatic heterocycles. The topological polar surface area (TPSA) is 150 Å². The highest BCUT2D eigenvalue weighted by molar-refractivity contribution is 7.17. The molecule has 45 heavy (non-hydrogen) atoms. The molecule has 2 bridgehead atoms. The van der Waals surface area contributed by atoms with E-state index in [1.54, 1.807) is 18.3 Å². The summed E-state index contributed by atoms with van der Waals surface area (Å²) in [7, 11) is 20.4. The molecule has 1 saturated carbocycles. The normalized spacial score (nSPS) is 21.2. The molecular weight excluding hydrogens is 589 g/mol. The molecule has 0 spiro atoms. The highest BCUT2D eigenvalue weighted by Crippen LogP contribution is 2.40. The van der Waals surface area contributed by atoms with Crippen molar-refractivity contribution in [2.45, 2.75) is 61.9 Å². The Balaban J connectivity index is 1.24. The molecule has 2 saturated heterocycles. The van der Waals surface area contributed by atoms with Crippen LogP contribution >= 0.6 is 11.3 Å². The second-order valence-electron chi connectivity index (χ2n) is 11.9. The van der Waals surface area contributed by atoms with Gasteiger partial charge in [0.2, 0.25) is 5.91 Å². The summed E-state index contributed by atoms with van der Waals surface area (Å²) in [5.74, 6) is -0.627. The number of nitrogens with zero attached hydrogens (tertiary/aromatic N) is 4. The van der Waals surface area contributed by atoms with Gasteiger partial charge in [-0.2, -0.15) is 0 Å². The van der Waals surface area contributed by atoms with E-state index in [9.17, 15) is 14.4 Å². The number of fused-ring (bicyclic) bond motifs is 2. The number of carbonyl (C=O) groups is 3. The van der Waals surface area contributed by atoms with E-state index in [2.05, 4.69) is 48.4 Å². The van der Waals surface area contributed by atoms with Gasteiger partial charge >= 0.3 is 0 Å². The zero-order chi connectivity index (χ0) is 31.9. The number of benzene rings is 1. The lowest BCUT2D eigenvalue weighted by Crippen LogP contribution is -2.50. The molecule has 3 atom stereocenters. The maximum Gasteiger partial charge on any atom is 0.272 e. The van der Waals surface area contributed by atoms with E-state index in [0.717, 1.165) is 25.7 Å². The Labute approximate surface area is 269 Å². The van der Waals surface area contributed by atoms with Gasteiger partial charge in [0.25, 0.3) is 11.8 Å². The Morgan fingerprint density at radius 2 is 1.76 bits per heavy atom. The van der Waals surface area contributed by atoms with Gasteiger partial charge in [-0.25, -0.2) is 4.98 Å². The molecule has 2 aromatic heterocycles. The number of para-hydroxylation sites is 1. The van der Waals surface area contributed by atoms with Crippen molar-refractivity contribution >= 4 is 69.8 Å². The largest absolute Gasteiger partial charge is 0.494 e. The van der Waals surface area contributed by atoms with Crippen LogP contribution in [0.2, 0.25) is 0 Å². The number of amides is 3. The van der Waals surface area contributed by atoms with E-state index in [-0.39, 0.29) is 41.0 Å². The van der Waals surface area contributed by atoms with Crippen molar-refractivity contribution in [1.82, 2.24) is 30.7 Å². The van der Waals surface area contributed by atoms with Crippen LogP contribution in [0.4, 0.5) is 17.2 Å². The molecular formula is C29H31B3N8O4S. The number of hydrogen-bond donors (Lipinski definition) is 4. The molecule has 16 heteroatoms. The molecule has 4 heterocycles. The van der Waals surface area contributed by atoms with Crippen LogP contribution in [-0.4, -0.2) is 98.9 Å². The van der Waals surface area contributed by atoms with Crippen LogP contribution in [0.3, 0.4) is 0 Å². The fourth-order valence-corrected chi connectivity index (χ4v) is 6.85. The standard InChI is InChI=1S/C29H31B3N8O4S/c1-40-16-8-9-17(40)11-15(10-16)34-26(42)21-13-33-28(45-21)18-4-3-5-19(24(18)44-2)35-20-12-22(36-25(41)14-6-7-14)38-39-23(20)27(43)37-29(30,31)32/h3-5,12-17H,6-11H2,1-2H3,(H,34,42)(H,37,43)(H2,35,36,38,41)/t15?,16-,17+. The van der Waals surface area contributed by atoms with Crippen LogP contribution < -0.4 is 26.0 Å². The van der Waals surface area contributed by atoms with E-state index in [4.69, 9.17) is 28.3 Å². The zero-order valence-corrected chi connectivity index (χ0v) is 25.8. The second-order valence-corrected chi connectivity index (χ2v) is 12.9. The van der Waals surface area contributed by atoms with Crippen molar-refractivity contribution in [1.29, 1.82) is 0 Å². The lowest BCUT2D eigenvalue weighted by molar-refractivity contribution is -0.117. The van der Waals surface area contributed by atoms with E-state index >= 15 is 0 Å². The van der Waals surface area contributed by atoms with Gasteiger partial charge in [-0.3, -0.25) is 14.4 Å². The van der Waals surface area contributed by atoms with Gasteiger partial charge < -0.3 is 30.9 Å². The van der Waals surface area contributed by atoms with E-state index < -0.39 is 11.1 Å². The molecule has 1 aromatic carbocycles. The number of anilines is 3. The predicted octanol–water partition coefficient (Wildman–Crippen LogP) is 1.90. The summed E-state index contributed by atoms with van der Waals surface area (Å²) in [5, 5.41) is 17.9. The third-order valence-corrected chi connectivity index (χ3v) is 9.45. The van der Waals surface area contributed by atoms with Crippen LogP contribution in [0.5, 0.6) is 5.75 Å². The first-order valence-corrected chi connectivity index (χ1v) is 15.6. The Kier molecular flexibility index (Phi) is 8.62. The van der Waals surface area contributed by atoms with Gasteiger partial charge in [0, 0.05) is 30.1 Å². The van der Waals surface area contributed by atoms with Gasteiger partial charge in [-0.05, 0) is 57.7 Å². The van der Waals surface area contributed by atoms with Gasteiger partial charge in [0.1, 0.15) is 9.88 Å². The average Bonchev–Trinajstić information content (AvgIpc) is 3.69. The first-order valence-electron chi connectivity index (χ1n) is 14.8. The summed E-state index contributed by atoms with van der Waals surface area (Å²) >= 11 is 1.26. The number of methoxy groups -OCH3 is 1. The zero-order valence-electron chi connectivity index (χ0n) is 25.0. The molecule has 1 aliphatic carbocycles. The van der Waals surface area contributed by atoms with E-state index in [1.807, 2.05) is 6.07 Å². The SMILES string of the molecule is [B]C([B])([B])NC(=O)c1nnc(NC(=O)C2CC2)cc1Nc1cccc(-c2ncc(C(=O)NC3C[C@H]4CC[C@@H](C3)N4C)s2)c1OC. The van der Waals surface area contributed by atoms with Gasteiger partial charge in [-0.15, -0.1) is 21.5 Å². The number of nitrogens with one attached hydrogen (secondary N) is 4. The minimum Gasteiger partial charge on any atom is -0.494 e. The van der Waals surface area contributed by atoms with Gasteiger partial charge in [0.15, 0.2) is 17.3 Å². The van der Waals surface area contributed by atoms with Crippen molar-refractivity contribution in [3.8, 4) is 16.3 Å². The summed E-state index contributed by atoms with van der Waals surface area (Å²) in [6.07, 6.45) is 7.43. The molecule has 3 fully saturated rings. The molecule has 1 unspecified atom stereocenters. The Morgan fingerprint density at radius 1 is 1.02 bits per heavy atom. The minimum atomic E-state index is -2.01. The summed E-state index contributed by atoms with van der Waals surface area (Å²) in [6.45, 7) is 0. The number of piperidine rings is 1.